The first-order chi connectivity index (χ1) is 19.2. The molecule has 2 aromatic rings. The van der Waals surface area contributed by atoms with Gasteiger partial charge in [0.1, 0.15) is 11.6 Å². The van der Waals surface area contributed by atoms with E-state index in [1.807, 2.05) is 18.7 Å². The van der Waals surface area contributed by atoms with Crippen molar-refractivity contribution in [2.45, 2.75) is 71.2 Å². The van der Waals surface area contributed by atoms with E-state index in [0.29, 0.717) is 17.6 Å². The summed E-state index contributed by atoms with van der Waals surface area (Å²) in [5.74, 6) is 0.853. The first kappa shape index (κ1) is 32.0. The van der Waals surface area contributed by atoms with Gasteiger partial charge < -0.3 is 19.9 Å². The van der Waals surface area contributed by atoms with Crippen LogP contribution in [-0.4, -0.2) is 54.4 Å². The van der Waals surface area contributed by atoms with Gasteiger partial charge in [-0.05, 0) is 107 Å². The quantitative estimate of drug-likeness (QED) is 0.249. The van der Waals surface area contributed by atoms with Crippen LogP contribution in [0.5, 0.6) is 5.75 Å². The third kappa shape index (κ3) is 10.1. The summed E-state index contributed by atoms with van der Waals surface area (Å²) in [6, 6.07) is 11.7. The van der Waals surface area contributed by atoms with E-state index in [2.05, 4.69) is 15.0 Å². The van der Waals surface area contributed by atoms with Crippen molar-refractivity contribution in [2.24, 2.45) is 11.8 Å². The van der Waals surface area contributed by atoms with Crippen LogP contribution >= 0.6 is 11.6 Å². The largest absolute Gasteiger partial charge is 0.573 e. The number of amides is 2. The van der Waals surface area contributed by atoms with Crippen LogP contribution in [0.4, 0.5) is 28.0 Å². The molecule has 3 fully saturated rings. The number of fused-ring (bicyclic) bond motifs is 1. The molecule has 10 heteroatoms. The number of nitrogens with zero attached hydrogens (tertiary/aromatic N) is 2. The second kappa shape index (κ2) is 15.5. The number of ether oxygens (including phenoxy) is 1. The highest BCUT2D eigenvalue weighted by atomic mass is 35.5. The van der Waals surface area contributed by atoms with E-state index in [0.717, 1.165) is 38.3 Å². The van der Waals surface area contributed by atoms with E-state index in [1.54, 1.807) is 12.1 Å². The molecular formula is C30H40ClF4N3O2. The molecule has 0 spiro atoms. The maximum absolute atomic E-state index is 13.4. The summed E-state index contributed by atoms with van der Waals surface area (Å²) in [5, 5.41) is 2.97. The molecule has 2 aliphatic carbocycles. The standard InChI is InChI=1S/C21H29ClFN3O.C7H5F3O.C2H6/c22-18-14-16(6-7-19(18)23)24-21(27)26(20-8-5-15-13-17(15)20)12-4-3-11-25-9-1-2-10-25;8-7(9,10)11-6-4-2-1-3-5-6;1-2/h6-7,14-15,17,20H,1-5,8-13H2,(H,24,27);1-5H;1-2H3. The number of carbonyl (C=O) groups is 1. The molecule has 3 unspecified atom stereocenters. The molecule has 40 heavy (non-hydrogen) atoms. The third-order valence-electron chi connectivity index (χ3n) is 7.44. The van der Waals surface area contributed by atoms with Gasteiger partial charge in [0.25, 0.3) is 0 Å². The molecule has 0 radical (unpaired) electrons. The monoisotopic (exact) mass is 585 g/mol. The summed E-state index contributed by atoms with van der Waals surface area (Å²) < 4.78 is 51.5. The molecule has 222 valence electrons. The highest BCUT2D eigenvalue weighted by Gasteiger charge is 2.51. The van der Waals surface area contributed by atoms with Crippen molar-refractivity contribution >= 4 is 23.3 Å². The lowest BCUT2D eigenvalue weighted by Crippen LogP contribution is -2.44. The smallest absolute Gasteiger partial charge is 0.406 e. The van der Waals surface area contributed by atoms with E-state index >= 15 is 0 Å². The first-order valence-corrected chi connectivity index (χ1v) is 14.6. The molecular weight excluding hydrogens is 546 g/mol. The number of carbonyl (C=O) groups excluding carboxylic acids is 1. The van der Waals surface area contributed by atoms with Gasteiger partial charge in [0.2, 0.25) is 0 Å². The Labute approximate surface area is 239 Å². The van der Waals surface area contributed by atoms with E-state index in [-0.39, 0.29) is 16.8 Å². The number of unbranched alkanes of at least 4 members (excludes halogenated alkanes) is 1. The maximum atomic E-state index is 13.4. The molecule has 0 bridgehead atoms. The molecule has 2 amide bonds. The van der Waals surface area contributed by atoms with E-state index in [4.69, 9.17) is 11.6 Å². The Kier molecular flexibility index (Phi) is 12.4. The van der Waals surface area contributed by atoms with Crippen LogP contribution in [0.25, 0.3) is 0 Å². The van der Waals surface area contributed by atoms with Crippen LogP contribution in [0.15, 0.2) is 48.5 Å². The zero-order valence-corrected chi connectivity index (χ0v) is 24.0. The molecule has 1 aliphatic heterocycles. The number of benzene rings is 2. The van der Waals surface area contributed by atoms with Crippen molar-refractivity contribution in [1.82, 2.24) is 9.80 Å². The topological polar surface area (TPSA) is 44.8 Å². The molecule has 2 aromatic carbocycles. The van der Waals surface area contributed by atoms with Gasteiger partial charge in [0.05, 0.1) is 5.02 Å². The summed E-state index contributed by atoms with van der Waals surface area (Å²) >= 11 is 5.85. The Morgan fingerprint density at radius 2 is 1.77 bits per heavy atom. The van der Waals surface area contributed by atoms with Gasteiger partial charge >= 0.3 is 12.4 Å². The Morgan fingerprint density at radius 3 is 2.35 bits per heavy atom. The highest BCUT2D eigenvalue weighted by molar-refractivity contribution is 6.31. The van der Waals surface area contributed by atoms with Gasteiger partial charge in [-0.15, -0.1) is 13.2 Å². The SMILES string of the molecule is CC.FC(F)(F)Oc1ccccc1.O=C(Nc1ccc(F)c(Cl)c1)N(CCCCN1CCCC1)C1CCC2CC21. The van der Waals surface area contributed by atoms with Crippen LogP contribution in [-0.2, 0) is 0 Å². The number of urea groups is 1. The Hall–Kier alpha value is -2.52. The first-order valence-electron chi connectivity index (χ1n) is 14.3. The van der Waals surface area contributed by atoms with Gasteiger partial charge in [-0.1, -0.05) is 43.6 Å². The number of hydrogen-bond acceptors (Lipinski definition) is 3. The molecule has 5 nitrogen and oxygen atoms in total. The molecule has 3 aliphatic rings. The number of nitrogens with one attached hydrogen (secondary N) is 1. The van der Waals surface area contributed by atoms with E-state index in [1.165, 1.54) is 75.2 Å². The lowest BCUT2D eigenvalue weighted by Gasteiger charge is -2.31. The molecule has 1 saturated heterocycles. The number of halogens is 5. The number of para-hydroxylation sites is 1. The van der Waals surface area contributed by atoms with Gasteiger partial charge in [-0.2, -0.15) is 0 Å². The summed E-state index contributed by atoms with van der Waals surface area (Å²) in [7, 11) is 0. The van der Waals surface area contributed by atoms with Crippen molar-refractivity contribution in [1.29, 1.82) is 0 Å². The minimum absolute atomic E-state index is 0.0353. The lowest BCUT2D eigenvalue weighted by molar-refractivity contribution is -0.274. The summed E-state index contributed by atoms with van der Waals surface area (Å²) in [6.07, 6.45) is 3.83. The van der Waals surface area contributed by atoms with Crippen LogP contribution < -0.4 is 10.1 Å². The van der Waals surface area contributed by atoms with Crippen molar-refractivity contribution < 1.29 is 27.1 Å². The van der Waals surface area contributed by atoms with Gasteiger partial charge in [0.15, 0.2) is 0 Å². The van der Waals surface area contributed by atoms with Gasteiger partial charge in [-0.3, -0.25) is 0 Å². The highest BCUT2D eigenvalue weighted by Crippen LogP contribution is 2.53. The van der Waals surface area contributed by atoms with Crippen molar-refractivity contribution in [3.05, 3.63) is 59.4 Å². The summed E-state index contributed by atoms with van der Waals surface area (Å²) in [4.78, 5) is 17.5. The van der Waals surface area contributed by atoms with Crippen molar-refractivity contribution in [3.8, 4) is 5.75 Å². The molecule has 0 aromatic heterocycles. The predicted molar refractivity (Wildman–Crippen MR) is 151 cm³/mol. The number of likely N-dealkylation sites (tertiary alicyclic amines) is 1. The van der Waals surface area contributed by atoms with Crippen LogP contribution in [0.3, 0.4) is 0 Å². The fourth-order valence-electron chi connectivity index (χ4n) is 5.49. The third-order valence-corrected chi connectivity index (χ3v) is 7.73. The number of anilines is 1. The fraction of sp³-hybridized carbons (Fsp3) is 0.567. The fourth-order valence-corrected chi connectivity index (χ4v) is 5.67. The molecule has 2 saturated carbocycles. The average Bonchev–Trinajstić information content (AvgIpc) is 3.29. The van der Waals surface area contributed by atoms with E-state index < -0.39 is 12.2 Å². The van der Waals surface area contributed by atoms with Crippen molar-refractivity contribution in [2.75, 3.05) is 31.5 Å². The number of hydrogen-bond donors (Lipinski definition) is 1. The summed E-state index contributed by atoms with van der Waals surface area (Å²) in [6.45, 7) is 8.38. The van der Waals surface area contributed by atoms with Crippen LogP contribution in [0.1, 0.15) is 58.8 Å². The summed E-state index contributed by atoms with van der Waals surface area (Å²) in [5.41, 5.74) is 0.554. The van der Waals surface area contributed by atoms with Crippen LogP contribution in [0.2, 0.25) is 5.02 Å². The second-order valence-electron chi connectivity index (χ2n) is 10.2. The molecule has 1 heterocycles. The Balaban J connectivity index is 0.000000285. The zero-order valence-electron chi connectivity index (χ0n) is 23.2. The Morgan fingerprint density at radius 1 is 1.07 bits per heavy atom. The maximum Gasteiger partial charge on any atom is 0.573 e. The zero-order chi connectivity index (χ0) is 29.1. The second-order valence-corrected chi connectivity index (χ2v) is 10.6. The molecule has 5 rings (SSSR count). The van der Waals surface area contributed by atoms with Gasteiger partial charge in [0, 0.05) is 18.3 Å². The van der Waals surface area contributed by atoms with E-state index in [9.17, 15) is 22.4 Å². The number of rotatable bonds is 8. The van der Waals surface area contributed by atoms with Gasteiger partial charge in [-0.25, -0.2) is 9.18 Å². The minimum Gasteiger partial charge on any atom is -0.406 e. The predicted octanol–water partition coefficient (Wildman–Crippen LogP) is 8.60. The van der Waals surface area contributed by atoms with Crippen LogP contribution in [0, 0.1) is 17.7 Å². The van der Waals surface area contributed by atoms with Crippen molar-refractivity contribution in [3.63, 3.8) is 0 Å². The minimum atomic E-state index is -4.60. The number of alkyl halides is 3. The lowest BCUT2D eigenvalue weighted by atomic mass is 10.1. The molecule has 1 N–H and O–H groups in total. The Bertz CT molecular complexity index is 1050. The average molecular weight is 586 g/mol. The normalized spacial score (nSPS) is 21.3. The molecule has 3 atom stereocenters.